The molecular formula is C25H34N4O3. The second kappa shape index (κ2) is 10.8. The molecule has 2 amide bonds. The molecule has 2 fully saturated rings. The lowest BCUT2D eigenvalue weighted by Crippen LogP contribution is -2.39. The second-order valence-electron chi connectivity index (χ2n) is 8.92. The van der Waals surface area contributed by atoms with E-state index in [1.807, 2.05) is 23.1 Å². The first-order valence-corrected chi connectivity index (χ1v) is 12.0. The number of aromatic nitrogens is 1. The van der Waals surface area contributed by atoms with Crippen molar-refractivity contribution in [1.29, 1.82) is 0 Å². The van der Waals surface area contributed by atoms with Gasteiger partial charge in [-0.25, -0.2) is 4.98 Å². The van der Waals surface area contributed by atoms with Crippen LogP contribution in [-0.2, 0) is 0 Å². The molecule has 0 saturated carbocycles. The molecule has 172 valence electrons. The van der Waals surface area contributed by atoms with Crippen LogP contribution in [0.5, 0.6) is 0 Å². The van der Waals surface area contributed by atoms with Gasteiger partial charge in [0.25, 0.3) is 11.8 Å². The molecule has 1 aromatic heterocycles. The number of benzene rings is 1. The minimum atomic E-state index is -0.263. The maximum Gasteiger partial charge on any atom is 0.273 e. The maximum absolute atomic E-state index is 13.1. The highest BCUT2D eigenvalue weighted by molar-refractivity contribution is 6.04. The largest absolute Gasteiger partial charge is 0.443 e. The Kier molecular flexibility index (Phi) is 7.58. The van der Waals surface area contributed by atoms with Gasteiger partial charge in [0.15, 0.2) is 17.8 Å². The third-order valence-electron chi connectivity index (χ3n) is 6.68. The summed E-state index contributed by atoms with van der Waals surface area (Å²) < 4.78 is 5.61. The standard InChI is InChI=1S/C25H34N4O3/c1-19-10-5-8-14-28(19)17-9-13-26-24(30)22-23(32-18-27-22)20-11-3-4-12-21(20)25(31)29-15-6-2-7-16-29/h3-4,11-12,18-19H,2,5-10,13-17H2,1H3,(H,26,30)/t19-/m0/s1. The van der Waals surface area contributed by atoms with Gasteiger partial charge in [0.2, 0.25) is 0 Å². The van der Waals surface area contributed by atoms with Gasteiger partial charge in [-0.05, 0) is 58.1 Å². The van der Waals surface area contributed by atoms with Crippen LogP contribution in [-0.4, -0.2) is 65.4 Å². The monoisotopic (exact) mass is 438 g/mol. The van der Waals surface area contributed by atoms with Crippen LogP contribution in [0.25, 0.3) is 11.3 Å². The molecule has 0 aliphatic carbocycles. The van der Waals surface area contributed by atoms with E-state index in [1.54, 1.807) is 6.07 Å². The lowest BCUT2D eigenvalue weighted by molar-refractivity contribution is 0.0724. The molecular weight excluding hydrogens is 404 g/mol. The number of oxazole rings is 1. The van der Waals surface area contributed by atoms with Gasteiger partial charge >= 0.3 is 0 Å². The summed E-state index contributed by atoms with van der Waals surface area (Å²) >= 11 is 0. The molecule has 0 radical (unpaired) electrons. The van der Waals surface area contributed by atoms with Crippen molar-refractivity contribution in [1.82, 2.24) is 20.1 Å². The van der Waals surface area contributed by atoms with Crippen molar-refractivity contribution in [3.8, 4) is 11.3 Å². The number of amides is 2. The van der Waals surface area contributed by atoms with Crippen LogP contribution < -0.4 is 5.32 Å². The topological polar surface area (TPSA) is 78.7 Å². The molecule has 4 rings (SSSR count). The summed E-state index contributed by atoms with van der Waals surface area (Å²) in [4.78, 5) is 34.6. The first-order chi connectivity index (χ1) is 15.6. The predicted molar refractivity (Wildman–Crippen MR) is 124 cm³/mol. The SMILES string of the molecule is C[C@H]1CCCCN1CCCNC(=O)c1ncoc1-c1ccccc1C(=O)N1CCCCC1. The summed E-state index contributed by atoms with van der Waals surface area (Å²) in [6, 6.07) is 7.95. The van der Waals surface area contributed by atoms with E-state index >= 15 is 0 Å². The first-order valence-electron chi connectivity index (χ1n) is 12.0. The summed E-state index contributed by atoms with van der Waals surface area (Å²) in [5, 5.41) is 2.98. The van der Waals surface area contributed by atoms with E-state index in [9.17, 15) is 9.59 Å². The molecule has 2 aromatic rings. The van der Waals surface area contributed by atoms with Crippen LogP contribution in [0.2, 0.25) is 0 Å². The molecule has 2 aliphatic heterocycles. The number of carbonyl (C=O) groups excluding carboxylic acids is 2. The Balaban J connectivity index is 1.41. The Hall–Kier alpha value is -2.67. The van der Waals surface area contributed by atoms with Crippen molar-refractivity contribution in [2.75, 3.05) is 32.7 Å². The van der Waals surface area contributed by atoms with Gasteiger partial charge in [0, 0.05) is 37.8 Å². The van der Waals surface area contributed by atoms with Crippen molar-refractivity contribution in [2.45, 2.75) is 57.9 Å². The average molecular weight is 439 g/mol. The van der Waals surface area contributed by atoms with Gasteiger partial charge in [-0.2, -0.15) is 0 Å². The van der Waals surface area contributed by atoms with Crippen LogP contribution in [0, 0.1) is 0 Å². The van der Waals surface area contributed by atoms with Gasteiger partial charge in [-0.15, -0.1) is 0 Å². The number of nitrogens with zero attached hydrogens (tertiary/aromatic N) is 3. The lowest BCUT2D eigenvalue weighted by Gasteiger charge is -2.33. The minimum absolute atomic E-state index is 0.0151. The highest BCUT2D eigenvalue weighted by atomic mass is 16.3. The van der Waals surface area contributed by atoms with Gasteiger partial charge in [-0.1, -0.05) is 24.6 Å². The molecule has 0 bridgehead atoms. The maximum atomic E-state index is 13.1. The van der Waals surface area contributed by atoms with Crippen molar-refractivity contribution in [2.24, 2.45) is 0 Å². The van der Waals surface area contributed by atoms with Gasteiger partial charge in [-0.3, -0.25) is 9.59 Å². The van der Waals surface area contributed by atoms with E-state index in [0.717, 1.165) is 51.9 Å². The number of piperidine rings is 2. The number of hydrogen-bond acceptors (Lipinski definition) is 5. The number of nitrogens with one attached hydrogen (secondary N) is 1. The van der Waals surface area contributed by atoms with E-state index in [4.69, 9.17) is 4.42 Å². The third-order valence-corrected chi connectivity index (χ3v) is 6.68. The van der Waals surface area contributed by atoms with E-state index < -0.39 is 0 Å². The number of hydrogen-bond donors (Lipinski definition) is 1. The molecule has 1 aromatic carbocycles. The van der Waals surface area contributed by atoms with E-state index in [1.165, 1.54) is 25.7 Å². The molecule has 1 atom stereocenters. The molecule has 0 unspecified atom stereocenters. The Bertz CT molecular complexity index is 919. The highest BCUT2D eigenvalue weighted by Crippen LogP contribution is 2.28. The average Bonchev–Trinajstić information content (AvgIpc) is 3.33. The van der Waals surface area contributed by atoms with E-state index in [2.05, 4.69) is 22.1 Å². The summed E-state index contributed by atoms with van der Waals surface area (Å²) in [6.07, 6.45) is 9.22. The zero-order chi connectivity index (χ0) is 22.3. The summed E-state index contributed by atoms with van der Waals surface area (Å²) in [5.74, 6) is 0.0764. The summed E-state index contributed by atoms with van der Waals surface area (Å²) in [6.45, 7) is 6.54. The molecule has 0 spiro atoms. The van der Waals surface area contributed by atoms with Crippen LogP contribution in [0.3, 0.4) is 0 Å². The summed E-state index contributed by atoms with van der Waals surface area (Å²) in [5.41, 5.74) is 1.40. The molecule has 2 saturated heterocycles. The fourth-order valence-corrected chi connectivity index (χ4v) is 4.79. The van der Waals surface area contributed by atoms with Gasteiger partial charge < -0.3 is 19.5 Å². The van der Waals surface area contributed by atoms with E-state index in [0.29, 0.717) is 29.5 Å². The number of likely N-dealkylation sites (tertiary alicyclic amines) is 2. The van der Waals surface area contributed by atoms with Crippen molar-refractivity contribution in [3.05, 3.63) is 41.9 Å². The van der Waals surface area contributed by atoms with Crippen LogP contribution in [0.1, 0.15) is 72.7 Å². The van der Waals surface area contributed by atoms with Crippen molar-refractivity contribution < 1.29 is 14.0 Å². The normalized spacial score (nSPS) is 19.7. The fraction of sp³-hybridized carbons (Fsp3) is 0.560. The Labute approximate surface area is 190 Å². The Morgan fingerprint density at radius 2 is 1.88 bits per heavy atom. The second-order valence-corrected chi connectivity index (χ2v) is 8.92. The highest BCUT2D eigenvalue weighted by Gasteiger charge is 2.26. The fourth-order valence-electron chi connectivity index (χ4n) is 4.79. The smallest absolute Gasteiger partial charge is 0.273 e. The first kappa shape index (κ1) is 22.5. The minimum Gasteiger partial charge on any atom is -0.443 e. The van der Waals surface area contributed by atoms with Gasteiger partial charge in [0.05, 0.1) is 5.56 Å². The van der Waals surface area contributed by atoms with Crippen LogP contribution in [0.15, 0.2) is 35.1 Å². The zero-order valence-electron chi connectivity index (χ0n) is 19.0. The molecule has 2 aliphatic rings. The van der Waals surface area contributed by atoms with E-state index in [-0.39, 0.29) is 17.5 Å². The quantitative estimate of drug-likeness (QED) is 0.662. The van der Waals surface area contributed by atoms with Crippen molar-refractivity contribution >= 4 is 11.8 Å². The number of carbonyl (C=O) groups is 2. The number of rotatable bonds is 7. The Morgan fingerprint density at radius 3 is 2.69 bits per heavy atom. The Morgan fingerprint density at radius 1 is 1.09 bits per heavy atom. The molecule has 7 nitrogen and oxygen atoms in total. The molecule has 3 heterocycles. The zero-order valence-corrected chi connectivity index (χ0v) is 19.0. The van der Waals surface area contributed by atoms with Crippen molar-refractivity contribution in [3.63, 3.8) is 0 Å². The third kappa shape index (κ3) is 5.21. The predicted octanol–water partition coefficient (Wildman–Crippen LogP) is 3.96. The molecule has 32 heavy (non-hydrogen) atoms. The van der Waals surface area contributed by atoms with Crippen LogP contribution >= 0.6 is 0 Å². The molecule has 7 heteroatoms. The lowest BCUT2D eigenvalue weighted by atomic mass is 10.0. The molecule has 1 N–H and O–H groups in total. The van der Waals surface area contributed by atoms with Gasteiger partial charge in [0.1, 0.15) is 0 Å². The summed E-state index contributed by atoms with van der Waals surface area (Å²) in [7, 11) is 0. The van der Waals surface area contributed by atoms with Crippen LogP contribution in [0.4, 0.5) is 0 Å².